The van der Waals surface area contributed by atoms with Crippen molar-refractivity contribution in [3.63, 3.8) is 0 Å². The predicted molar refractivity (Wildman–Crippen MR) is 90.5 cm³/mol. The first-order valence-corrected chi connectivity index (χ1v) is 9.53. The number of rotatable bonds is 2. The van der Waals surface area contributed by atoms with Crippen LogP contribution in [0.2, 0.25) is 0 Å². The van der Waals surface area contributed by atoms with Crippen LogP contribution in [-0.4, -0.2) is 49.7 Å². The second kappa shape index (κ2) is 6.80. The number of hydrogen-bond donors (Lipinski definition) is 0. The third-order valence-corrected chi connectivity index (χ3v) is 6.20. The Bertz CT molecular complexity index is 726. The van der Waals surface area contributed by atoms with Crippen molar-refractivity contribution in [1.82, 2.24) is 9.21 Å². The van der Waals surface area contributed by atoms with Crippen molar-refractivity contribution in [3.8, 4) is 0 Å². The molecular weight excluding hydrogens is 331 g/mol. The Labute approximate surface area is 143 Å². The zero-order valence-electron chi connectivity index (χ0n) is 14.7. The highest BCUT2D eigenvalue weighted by Crippen LogP contribution is 2.23. The molecule has 134 valence electrons. The molecule has 2 rings (SSSR count). The Kier molecular flexibility index (Phi) is 5.34. The van der Waals surface area contributed by atoms with Gasteiger partial charge in [0.25, 0.3) is 0 Å². The molecule has 0 N–H and O–H groups in total. The van der Waals surface area contributed by atoms with Crippen molar-refractivity contribution < 1.29 is 17.6 Å². The first kappa shape index (κ1) is 18.9. The molecule has 0 aliphatic carbocycles. The fraction of sp³-hybridized carbons (Fsp3) is 0.588. The first-order valence-electron chi connectivity index (χ1n) is 8.09. The number of amides is 1. The van der Waals surface area contributed by atoms with Crippen molar-refractivity contribution in [2.24, 2.45) is 5.41 Å². The van der Waals surface area contributed by atoms with Gasteiger partial charge in [0.05, 0.1) is 4.90 Å². The van der Waals surface area contributed by atoms with Crippen LogP contribution in [-0.2, 0) is 14.8 Å². The van der Waals surface area contributed by atoms with Gasteiger partial charge in [-0.2, -0.15) is 4.31 Å². The molecule has 1 fully saturated rings. The van der Waals surface area contributed by atoms with Crippen molar-refractivity contribution in [1.29, 1.82) is 0 Å². The molecule has 1 aromatic carbocycles. The Morgan fingerprint density at radius 1 is 1.12 bits per heavy atom. The van der Waals surface area contributed by atoms with Gasteiger partial charge >= 0.3 is 0 Å². The van der Waals surface area contributed by atoms with E-state index in [1.807, 2.05) is 20.8 Å². The van der Waals surface area contributed by atoms with E-state index in [1.165, 1.54) is 16.4 Å². The first-order chi connectivity index (χ1) is 11.0. The van der Waals surface area contributed by atoms with Crippen LogP contribution in [0.15, 0.2) is 23.1 Å². The summed E-state index contributed by atoms with van der Waals surface area (Å²) in [6.07, 6.45) is 0.585. The molecule has 1 amide bonds. The number of aryl methyl sites for hydroxylation is 1. The molecule has 1 saturated heterocycles. The second-order valence-corrected chi connectivity index (χ2v) is 9.12. The summed E-state index contributed by atoms with van der Waals surface area (Å²) in [6, 6.07) is 3.69. The maximum absolute atomic E-state index is 13.2. The van der Waals surface area contributed by atoms with Gasteiger partial charge in [-0.3, -0.25) is 4.79 Å². The number of benzene rings is 1. The average molecular weight is 356 g/mol. The molecule has 0 atom stereocenters. The van der Waals surface area contributed by atoms with Crippen LogP contribution < -0.4 is 0 Å². The normalized spacial score (nSPS) is 17.6. The van der Waals surface area contributed by atoms with E-state index < -0.39 is 21.3 Å². The summed E-state index contributed by atoms with van der Waals surface area (Å²) in [5, 5.41) is 0. The molecule has 1 aromatic rings. The monoisotopic (exact) mass is 356 g/mol. The van der Waals surface area contributed by atoms with Crippen LogP contribution in [0.4, 0.5) is 4.39 Å². The minimum atomic E-state index is -3.69. The third-order valence-electron chi connectivity index (χ3n) is 4.14. The zero-order chi connectivity index (χ0) is 18.1. The van der Waals surface area contributed by atoms with E-state index in [1.54, 1.807) is 11.8 Å². The number of carbonyl (C=O) groups excluding carboxylic acids is 1. The summed E-state index contributed by atoms with van der Waals surface area (Å²) in [6.45, 7) is 8.68. The Morgan fingerprint density at radius 3 is 2.38 bits per heavy atom. The maximum Gasteiger partial charge on any atom is 0.243 e. The summed E-state index contributed by atoms with van der Waals surface area (Å²) in [4.78, 5) is 14.3. The molecule has 0 spiro atoms. The van der Waals surface area contributed by atoms with Gasteiger partial charge in [-0.25, -0.2) is 12.8 Å². The molecule has 0 radical (unpaired) electrons. The van der Waals surface area contributed by atoms with Gasteiger partial charge in [0.2, 0.25) is 15.9 Å². The molecule has 0 unspecified atom stereocenters. The van der Waals surface area contributed by atoms with Gasteiger partial charge in [-0.05, 0) is 37.1 Å². The maximum atomic E-state index is 13.2. The van der Waals surface area contributed by atoms with Gasteiger partial charge in [0.1, 0.15) is 5.82 Å². The molecule has 5 nitrogen and oxygen atoms in total. The zero-order valence-corrected chi connectivity index (χ0v) is 15.5. The van der Waals surface area contributed by atoms with E-state index in [-0.39, 0.29) is 17.3 Å². The molecule has 1 aliphatic rings. The lowest BCUT2D eigenvalue weighted by Crippen LogP contribution is -2.42. The predicted octanol–water partition coefficient (Wildman–Crippen LogP) is 2.40. The highest BCUT2D eigenvalue weighted by atomic mass is 32.2. The van der Waals surface area contributed by atoms with Crippen molar-refractivity contribution in [3.05, 3.63) is 29.6 Å². The van der Waals surface area contributed by atoms with E-state index in [9.17, 15) is 17.6 Å². The molecule has 0 saturated carbocycles. The average Bonchev–Trinajstić information content (AvgIpc) is 2.71. The summed E-state index contributed by atoms with van der Waals surface area (Å²) in [5.41, 5.74) is -0.0939. The van der Waals surface area contributed by atoms with E-state index >= 15 is 0 Å². The van der Waals surface area contributed by atoms with Gasteiger partial charge < -0.3 is 4.90 Å². The van der Waals surface area contributed by atoms with E-state index in [2.05, 4.69) is 0 Å². The summed E-state index contributed by atoms with van der Waals surface area (Å²) >= 11 is 0. The molecular formula is C17H25FN2O3S. The lowest BCUT2D eigenvalue weighted by Gasteiger charge is -2.28. The highest BCUT2D eigenvalue weighted by Gasteiger charge is 2.32. The van der Waals surface area contributed by atoms with Crippen LogP contribution in [0.1, 0.15) is 32.8 Å². The topological polar surface area (TPSA) is 57.7 Å². The Hall–Kier alpha value is -1.47. The van der Waals surface area contributed by atoms with Crippen LogP contribution in [0.25, 0.3) is 0 Å². The summed E-state index contributed by atoms with van der Waals surface area (Å²) in [7, 11) is -3.69. The molecule has 24 heavy (non-hydrogen) atoms. The van der Waals surface area contributed by atoms with E-state index in [0.717, 1.165) is 6.07 Å². The lowest BCUT2D eigenvalue weighted by atomic mass is 9.94. The minimum Gasteiger partial charge on any atom is -0.341 e. The van der Waals surface area contributed by atoms with Crippen molar-refractivity contribution >= 4 is 15.9 Å². The Balaban J connectivity index is 2.20. The van der Waals surface area contributed by atoms with Crippen LogP contribution in [0.5, 0.6) is 0 Å². The van der Waals surface area contributed by atoms with Crippen molar-refractivity contribution in [2.45, 2.75) is 39.0 Å². The smallest absolute Gasteiger partial charge is 0.243 e. The largest absolute Gasteiger partial charge is 0.341 e. The molecule has 1 aliphatic heterocycles. The number of hydrogen-bond acceptors (Lipinski definition) is 3. The van der Waals surface area contributed by atoms with Gasteiger partial charge in [-0.15, -0.1) is 0 Å². The fourth-order valence-corrected chi connectivity index (χ4v) is 4.53. The van der Waals surface area contributed by atoms with E-state index in [4.69, 9.17) is 0 Å². The van der Waals surface area contributed by atoms with Crippen LogP contribution in [0, 0.1) is 18.2 Å². The Morgan fingerprint density at radius 2 is 1.79 bits per heavy atom. The molecule has 7 heteroatoms. The van der Waals surface area contributed by atoms with Gasteiger partial charge in [0.15, 0.2) is 0 Å². The quantitative estimate of drug-likeness (QED) is 0.818. The lowest BCUT2D eigenvalue weighted by molar-refractivity contribution is -0.139. The van der Waals surface area contributed by atoms with Crippen molar-refractivity contribution in [2.75, 3.05) is 26.2 Å². The van der Waals surface area contributed by atoms with Gasteiger partial charge in [0, 0.05) is 31.6 Å². The standard InChI is InChI=1S/C17H25FN2O3S/c1-13-12-14(18)6-7-15(13)24(22,23)20-9-5-8-19(10-11-20)16(21)17(2,3)4/h6-7,12H,5,8-11H2,1-4H3. The van der Waals surface area contributed by atoms with E-state index in [0.29, 0.717) is 31.6 Å². The third kappa shape index (κ3) is 3.95. The number of halogens is 1. The highest BCUT2D eigenvalue weighted by molar-refractivity contribution is 7.89. The molecule has 1 heterocycles. The number of carbonyl (C=O) groups is 1. The number of sulfonamides is 1. The fourth-order valence-electron chi connectivity index (χ4n) is 2.85. The summed E-state index contributed by atoms with van der Waals surface area (Å²) < 4.78 is 40.3. The molecule has 0 aromatic heterocycles. The summed E-state index contributed by atoms with van der Waals surface area (Å²) in [5.74, 6) is -0.427. The van der Waals surface area contributed by atoms with Crippen LogP contribution >= 0.6 is 0 Å². The van der Waals surface area contributed by atoms with Crippen LogP contribution in [0.3, 0.4) is 0 Å². The minimum absolute atomic E-state index is 0.0275. The second-order valence-electron chi connectivity index (χ2n) is 7.21. The van der Waals surface area contributed by atoms with Gasteiger partial charge in [-0.1, -0.05) is 20.8 Å². The molecule has 0 bridgehead atoms. The number of nitrogens with zero attached hydrogens (tertiary/aromatic N) is 2. The SMILES string of the molecule is Cc1cc(F)ccc1S(=O)(=O)N1CCCN(C(=O)C(C)(C)C)CC1.